The summed E-state index contributed by atoms with van der Waals surface area (Å²) in [5, 5.41) is 9.12. The summed E-state index contributed by atoms with van der Waals surface area (Å²) in [6.45, 7) is 5.03. The van der Waals surface area contributed by atoms with Crippen LogP contribution in [0.3, 0.4) is 0 Å². The van der Waals surface area contributed by atoms with Crippen molar-refractivity contribution < 1.29 is 5.11 Å². The minimum Gasteiger partial charge on any atom is -0.395 e. The van der Waals surface area contributed by atoms with Gasteiger partial charge in [0.25, 0.3) is 0 Å². The number of nitrogens with zero attached hydrogens (tertiary/aromatic N) is 2. The maximum atomic E-state index is 11.4. The summed E-state index contributed by atoms with van der Waals surface area (Å²) in [5.41, 5.74) is -0.0871. The third-order valence-electron chi connectivity index (χ3n) is 2.97. The third kappa shape index (κ3) is 4.05. The lowest BCUT2D eigenvalue weighted by molar-refractivity contribution is 0.186. The molecule has 0 aliphatic rings. The van der Waals surface area contributed by atoms with Crippen molar-refractivity contribution >= 4 is 11.3 Å². The van der Waals surface area contributed by atoms with Crippen LogP contribution >= 0.6 is 11.3 Å². The maximum Gasteiger partial charge on any atom is 0.325 e. The molecule has 0 atom stereocenters. The Morgan fingerprint density at radius 2 is 2.26 bits per heavy atom. The molecule has 0 aromatic carbocycles. The van der Waals surface area contributed by atoms with Crippen LogP contribution in [0.15, 0.2) is 29.3 Å². The molecule has 2 heterocycles. The van der Waals surface area contributed by atoms with E-state index in [0.717, 1.165) is 13.1 Å². The zero-order chi connectivity index (χ0) is 13.7. The molecule has 0 saturated carbocycles. The molecular formula is C13H19N3O2S. The van der Waals surface area contributed by atoms with Crippen LogP contribution < -0.4 is 5.69 Å². The highest BCUT2D eigenvalue weighted by Crippen LogP contribution is 2.16. The van der Waals surface area contributed by atoms with Gasteiger partial charge in [-0.2, -0.15) is 0 Å². The third-order valence-corrected chi connectivity index (χ3v) is 3.96. The first-order valence-corrected chi connectivity index (χ1v) is 7.13. The summed E-state index contributed by atoms with van der Waals surface area (Å²) in [7, 11) is 0. The van der Waals surface area contributed by atoms with Crippen LogP contribution in [0, 0.1) is 6.92 Å². The van der Waals surface area contributed by atoms with Crippen molar-refractivity contribution in [3.63, 3.8) is 0 Å². The van der Waals surface area contributed by atoms with E-state index in [4.69, 9.17) is 5.11 Å². The number of nitrogens with one attached hydrogen (secondary N) is 1. The lowest BCUT2D eigenvalue weighted by Gasteiger charge is -2.20. The Balaban J connectivity index is 1.92. The monoisotopic (exact) mass is 281 g/mol. The van der Waals surface area contributed by atoms with E-state index in [1.807, 2.05) is 0 Å². The van der Waals surface area contributed by atoms with E-state index in [1.165, 1.54) is 9.75 Å². The van der Waals surface area contributed by atoms with E-state index in [0.29, 0.717) is 13.1 Å². The molecule has 0 fully saturated rings. The average Bonchev–Trinajstić information content (AvgIpc) is 2.96. The number of aromatic amines is 1. The average molecular weight is 281 g/mol. The Kier molecular flexibility index (Phi) is 4.95. The van der Waals surface area contributed by atoms with Crippen molar-refractivity contribution in [1.29, 1.82) is 0 Å². The van der Waals surface area contributed by atoms with E-state index in [1.54, 1.807) is 28.3 Å². The van der Waals surface area contributed by atoms with Crippen LogP contribution in [-0.2, 0) is 13.1 Å². The van der Waals surface area contributed by atoms with Crippen LogP contribution in [0.2, 0.25) is 0 Å². The van der Waals surface area contributed by atoms with Crippen LogP contribution in [0.25, 0.3) is 0 Å². The molecule has 5 nitrogen and oxygen atoms in total. The fourth-order valence-electron chi connectivity index (χ4n) is 1.98. The second-order valence-corrected chi connectivity index (χ2v) is 5.84. The Morgan fingerprint density at radius 1 is 1.42 bits per heavy atom. The molecule has 0 radical (unpaired) electrons. The minimum atomic E-state index is -0.0871. The summed E-state index contributed by atoms with van der Waals surface area (Å²) in [6.07, 6.45) is 3.39. The second kappa shape index (κ2) is 6.70. The van der Waals surface area contributed by atoms with Gasteiger partial charge in [-0.1, -0.05) is 0 Å². The summed E-state index contributed by atoms with van der Waals surface area (Å²) < 4.78 is 1.64. The molecule has 104 valence electrons. The molecule has 6 heteroatoms. The molecule has 0 aliphatic heterocycles. The summed E-state index contributed by atoms with van der Waals surface area (Å²) in [5.74, 6) is 0. The number of aliphatic hydroxyl groups is 1. The summed E-state index contributed by atoms with van der Waals surface area (Å²) in [4.78, 5) is 18.7. The Bertz CT molecular complexity index is 558. The number of rotatable bonds is 7. The normalized spacial score (nSPS) is 11.3. The number of aliphatic hydroxyl groups excluding tert-OH is 1. The second-order valence-electron chi connectivity index (χ2n) is 4.47. The molecule has 2 aromatic rings. The molecule has 0 aliphatic carbocycles. The lowest BCUT2D eigenvalue weighted by atomic mass is 10.4. The van der Waals surface area contributed by atoms with Gasteiger partial charge in [-0.3, -0.25) is 9.47 Å². The minimum absolute atomic E-state index is 0.0871. The predicted octanol–water partition coefficient (Wildman–Crippen LogP) is 1.04. The van der Waals surface area contributed by atoms with Gasteiger partial charge < -0.3 is 10.1 Å². The fraction of sp³-hybridized carbons (Fsp3) is 0.462. The van der Waals surface area contributed by atoms with Gasteiger partial charge in [0.2, 0.25) is 0 Å². The number of hydrogen-bond acceptors (Lipinski definition) is 4. The highest BCUT2D eigenvalue weighted by Gasteiger charge is 2.08. The van der Waals surface area contributed by atoms with E-state index >= 15 is 0 Å². The van der Waals surface area contributed by atoms with Crippen LogP contribution in [-0.4, -0.2) is 39.3 Å². The molecule has 0 saturated heterocycles. The van der Waals surface area contributed by atoms with E-state index < -0.39 is 0 Å². The number of aromatic nitrogens is 2. The predicted molar refractivity (Wildman–Crippen MR) is 76.5 cm³/mol. The fourth-order valence-corrected chi connectivity index (χ4v) is 2.91. The molecule has 19 heavy (non-hydrogen) atoms. The van der Waals surface area contributed by atoms with Crippen molar-refractivity contribution in [2.24, 2.45) is 0 Å². The van der Waals surface area contributed by atoms with Crippen molar-refractivity contribution in [3.05, 3.63) is 44.8 Å². The summed E-state index contributed by atoms with van der Waals surface area (Å²) >= 11 is 1.77. The smallest absolute Gasteiger partial charge is 0.325 e. The molecular weight excluding hydrogens is 262 g/mol. The molecule has 0 spiro atoms. The number of imidazole rings is 1. The Hall–Kier alpha value is -1.37. The van der Waals surface area contributed by atoms with Gasteiger partial charge in [0, 0.05) is 48.3 Å². The number of H-pyrrole nitrogens is 1. The molecule has 2 N–H and O–H groups in total. The first kappa shape index (κ1) is 14.0. The molecule has 0 bridgehead atoms. The van der Waals surface area contributed by atoms with Gasteiger partial charge in [-0.05, 0) is 19.1 Å². The van der Waals surface area contributed by atoms with E-state index in [9.17, 15) is 4.79 Å². The largest absolute Gasteiger partial charge is 0.395 e. The van der Waals surface area contributed by atoms with Crippen molar-refractivity contribution in [2.75, 3.05) is 19.7 Å². The van der Waals surface area contributed by atoms with E-state index in [2.05, 4.69) is 28.9 Å². The van der Waals surface area contributed by atoms with Crippen LogP contribution in [0.1, 0.15) is 9.75 Å². The van der Waals surface area contributed by atoms with Gasteiger partial charge in [0.15, 0.2) is 0 Å². The molecule has 2 aromatic heterocycles. The van der Waals surface area contributed by atoms with Gasteiger partial charge in [0.1, 0.15) is 0 Å². The maximum absolute atomic E-state index is 11.4. The molecule has 0 amide bonds. The SMILES string of the molecule is Cc1ccc(CN(CCO)CCn2cc[nH]c2=O)s1. The molecule has 2 rings (SSSR count). The highest BCUT2D eigenvalue weighted by atomic mass is 32.1. The van der Waals surface area contributed by atoms with Crippen LogP contribution in [0.4, 0.5) is 0 Å². The highest BCUT2D eigenvalue weighted by molar-refractivity contribution is 7.11. The Labute approximate surface area is 116 Å². The quantitative estimate of drug-likeness (QED) is 0.797. The first-order valence-electron chi connectivity index (χ1n) is 6.31. The van der Waals surface area contributed by atoms with Crippen molar-refractivity contribution in [1.82, 2.24) is 14.5 Å². The zero-order valence-corrected chi connectivity index (χ0v) is 11.8. The van der Waals surface area contributed by atoms with Gasteiger partial charge >= 0.3 is 5.69 Å². The van der Waals surface area contributed by atoms with Crippen LogP contribution in [0.5, 0.6) is 0 Å². The number of aryl methyl sites for hydroxylation is 1. The first-order chi connectivity index (χ1) is 9.19. The van der Waals surface area contributed by atoms with Crippen molar-refractivity contribution in [3.8, 4) is 0 Å². The van der Waals surface area contributed by atoms with Gasteiger partial charge in [-0.25, -0.2) is 4.79 Å². The standard InChI is InChI=1S/C13H19N3O2S/c1-11-2-3-12(19-11)10-15(8-9-17)6-7-16-5-4-14-13(16)18/h2-5,17H,6-10H2,1H3,(H,14,18). The summed E-state index contributed by atoms with van der Waals surface area (Å²) in [6, 6.07) is 4.22. The Morgan fingerprint density at radius 3 is 2.84 bits per heavy atom. The van der Waals surface area contributed by atoms with Crippen molar-refractivity contribution in [2.45, 2.75) is 20.0 Å². The number of hydrogen-bond donors (Lipinski definition) is 2. The molecule has 0 unspecified atom stereocenters. The van der Waals surface area contributed by atoms with Gasteiger partial charge in [-0.15, -0.1) is 11.3 Å². The van der Waals surface area contributed by atoms with E-state index in [-0.39, 0.29) is 12.3 Å². The lowest BCUT2D eigenvalue weighted by Crippen LogP contribution is -2.31. The van der Waals surface area contributed by atoms with Gasteiger partial charge in [0.05, 0.1) is 6.61 Å². The zero-order valence-electron chi connectivity index (χ0n) is 11.0. The number of thiophene rings is 1. The topological polar surface area (TPSA) is 61.3 Å².